The minimum atomic E-state index is -0.464. The molecule has 24 heavy (non-hydrogen) atoms. The predicted octanol–water partition coefficient (Wildman–Crippen LogP) is 3.42. The molecule has 2 amide bonds. The molecule has 0 spiro atoms. The second kappa shape index (κ2) is 7.79. The molecule has 3 rings (SSSR count). The van der Waals surface area contributed by atoms with Gasteiger partial charge in [0.25, 0.3) is 0 Å². The van der Waals surface area contributed by atoms with Crippen LogP contribution in [0.3, 0.4) is 0 Å². The summed E-state index contributed by atoms with van der Waals surface area (Å²) < 4.78 is 5.45. The maximum Gasteiger partial charge on any atom is 0.322 e. The molecule has 5 nitrogen and oxygen atoms in total. The van der Waals surface area contributed by atoms with Gasteiger partial charge in [-0.05, 0) is 42.5 Å². The Morgan fingerprint density at radius 3 is 3.08 bits per heavy atom. The minimum Gasteiger partial charge on any atom is -0.393 e. The zero-order valence-corrected chi connectivity index (χ0v) is 14.5. The average Bonchev–Trinajstić information content (AvgIpc) is 3.09. The van der Waals surface area contributed by atoms with Crippen molar-refractivity contribution in [3.63, 3.8) is 0 Å². The van der Waals surface area contributed by atoms with Gasteiger partial charge in [-0.25, -0.2) is 4.79 Å². The van der Waals surface area contributed by atoms with Crippen LogP contribution in [0.2, 0.25) is 0 Å². The van der Waals surface area contributed by atoms with Crippen molar-refractivity contribution in [1.82, 2.24) is 4.90 Å². The Balaban J connectivity index is 1.70. The molecule has 0 aliphatic carbocycles. The summed E-state index contributed by atoms with van der Waals surface area (Å²) in [5.41, 5.74) is 1.86. The van der Waals surface area contributed by atoms with E-state index in [-0.39, 0.29) is 12.1 Å². The molecular formula is C18H22N2O3S. The Morgan fingerprint density at radius 1 is 1.46 bits per heavy atom. The summed E-state index contributed by atoms with van der Waals surface area (Å²) in [5.74, 6) is 0. The zero-order chi connectivity index (χ0) is 16.9. The molecule has 1 aliphatic rings. The number of aliphatic hydroxyl groups is 1. The molecule has 1 aromatic heterocycles. The van der Waals surface area contributed by atoms with E-state index in [4.69, 9.17) is 4.74 Å². The van der Waals surface area contributed by atoms with Gasteiger partial charge in [0.05, 0.1) is 25.4 Å². The van der Waals surface area contributed by atoms with Crippen LogP contribution in [0.1, 0.15) is 13.3 Å². The number of carbonyl (C=O) groups is 1. The molecule has 1 saturated heterocycles. The molecule has 2 atom stereocenters. The van der Waals surface area contributed by atoms with E-state index in [1.165, 1.54) is 4.88 Å². The lowest BCUT2D eigenvalue weighted by atomic mass is 10.1. The number of hydrogen-bond acceptors (Lipinski definition) is 4. The first-order valence-electron chi connectivity index (χ1n) is 8.11. The summed E-state index contributed by atoms with van der Waals surface area (Å²) in [5, 5.41) is 14.6. The Kier molecular flexibility index (Phi) is 5.50. The van der Waals surface area contributed by atoms with Crippen molar-refractivity contribution in [1.29, 1.82) is 0 Å². The number of amides is 2. The minimum absolute atomic E-state index is 0.0979. The van der Waals surface area contributed by atoms with Gasteiger partial charge in [0.2, 0.25) is 0 Å². The number of ether oxygens (including phenoxy) is 1. The highest BCUT2D eigenvalue weighted by molar-refractivity contribution is 7.13. The fourth-order valence-electron chi connectivity index (χ4n) is 2.90. The first kappa shape index (κ1) is 17.0. The number of benzene rings is 1. The highest BCUT2D eigenvalue weighted by Crippen LogP contribution is 2.27. The summed E-state index contributed by atoms with van der Waals surface area (Å²) >= 11 is 1.67. The molecule has 2 aromatic rings. The van der Waals surface area contributed by atoms with Crippen LogP contribution in [0, 0.1) is 0 Å². The van der Waals surface area contributed by atoms with Crippen molar-refractivity contribution in [2.75, 3.05) is 25.1 Å². The molecule has 0 unspecified atom stereocenters. The van der Waals surface area contributed by atoms with E-state index in [2.05, 4.69) is 11.4 Å². The normalized spacial score (nSPS) is 19.1. The van der Waals surface area contributed by atoms with E-state index in [1.54, 1.807) is 23.2 Å². The predicted molar refractivity (Wildman–Crippen MR) is 96.4 cm³/mol. The van der Waals surface area contributed by atoms with Crippen LogP contribution in [-0.2, 0) is 4.74 Å². The van der Waals surface area contributed by atoms with E-state index in [1.807, 2.05) is 35.7 Å². The second-order valence-corrected chi connectivity index (χ2v) is 6.94. The number of thiophene rings is 1. The third kappa shape index (κ3) is 4.14. The van der Waals surface area contributed by atoms with Crippen molar-refractivity contribution >= 4 is 23.1 Å². The number of morpholine rings is 1. The maximum absolute atomic E-state index is 12.6. The molecule has 2 N–H and O–H groups in total. The average molecular weight is 346 g/mol. The molecular weight excluding hydrogens is 324 g/mol. The van der Waals surface area contributed by atoms with Crippen molar-refractivity contribution in [3.8, 4) is 10.4 Å². The van der Waals surface area contributed by atoms with Gasteiger partial charge >= 0.3 is 6.03 Å². The Hall–Kier alpha value is -1.89. The maximum atomic E-state index is 12.6. The second-order valence-electron chi connectivity index (χ2n) is 6.00. The highest BCUT2D eigenvalue weighted by atomic mass is 32.1. The molecule has 1 aromatic carbocycles. The summed E-state index contributed by atoms with van der Waals surface area (Å²) in [6.07, 6.45) is 0.0528. The number of hydrogen-bond donors (Lipinski definition) is 2. The molecule has 1 aliphatic heterocycles. The standard InChI is InChI=1S/C18H22N2O3S/c1-13(21)10-16-12-23-8-7-20(16)18(22)19-15-5-2-4-14(11-15)17-6-3-9-24-17/h2-6,9,11,13,16,21H,7-8,10,12H2,1H3,(H,19,22)/t13-,16-/m0/s1. The van der Waals surface area contributed by atoms with Crippen molar-refractivity contribution in [2.45, 2.75) is 25.5 Å². The fourth-order valence-corrected chi connectivity index (χ4v) is 3.62. The molecule has 2 heterocycles. The Bertz CT molecular complexity index is 673. The lowest BCUT2D eigenvalue weighted by Crippen LogP contribution is -2.51. The van der Waals surface area contributed by atoms with Crippen LogP contribution in [0.4, 0.5) is 10.5 Å². The van der Waals surface area contributed by atoms with Crippen LogP contribution >= 0.6 is 11.3 Å². The number of urea groups is 1. The number of aliphatic hydroxyl groups excluding tert-OH is 1. The van der Waals surface area contributed by atoms with Gasteiger partial charge in [-0.15, -0.1) is 11.3 Å². The van der Waals surface area contributed by atoms with Gasteiger partial charge < -0.3 is 20.1 Å². The quantitative estimate of drug-likeness (QED) is 0.892. The third-order valence-corrected chi connectivity index (χ3v) is 4.94. The summed E-state index contributed by atoms with van der Waals surface area (Å²) in [7, 11) is 0. The number of anilines is 1. The van der Waals surface area contributed by atoms with Gasteiger partial charge in [-0.1, -0.05) is 18.2 Å². The van der Waals surface area contributed by atoms with E-state index in [0.717, 1.165) is 11.3 Å². The van der Waals surface area contributed by atoms with Crippen LogP contribution in [0.25, 0.3) is 10.4 Å². The van der Waals surface area contributed by atoms with E-state index < -0.39 is 6.10 Å². The van der Waals surface area contributed by atoms with Crippen molar-refractivity contribution in [2.24, 2.45) is 0 Å². The van der Waals surface area contributed by atoms with Gasteiger partial charge in [0.1, 0.15) is 0 Å². The zero-order valence-electron chi connectivity index (χ0n) is 13.6. The monoisotopic (exact) mass is 346 g/mol. The number of rotatable bonds is 4. The van der Waals surface area contributed by atoms with Gasteiger partial charge in [-0.3, -0.25) is 0 Å². The van der Waals surface area contributed by atoms with E-state index in [0.29, 0.717) is 26.2 Å². The number of nitrogens with zero attached hydrogens (tertiary/aromatic N) is 1. The highest BCUT2D eigenvalue weighted by Gasteiger charge is 2.28. The van der Waals surface area contributed by atoms with E-state index in [9.17, 15) is 9.90 Å². The first-order valence-corrected chi connectivity index (χ1v) is 8.99. The SMILES string of the molecule is C[C@H](O)C[C@H]1COCCN1C(=O)Nc1cccc(-c2cccs2)c1. The van der Waals surface area contributed by atoms with Crippen LogP contribution in [-0.4, -0.2) is 47.9 Å². The van der Waals surface area contributed by atoms with Crippen LogP contribution < -0.4 is 5.32 Å². The van der Waals surface area contributed by atoms with Gasteiger partial charge in [0, 0.05) is 17.1 Å². The molecule has 6 heteroatoms. The Labute approximate surface area is 145 Å². The van der Waals surface area contributed by atoms with Crippen LogP contribution in [0.5, 0.6) is 0 Å². The molecule has 0 saturated carbocycles. The van der Waals surface area contributed by atoms with Gasteiger partial charge in [0.15, 0.2) is 0 Å². The molecule has 1 fully saturated rings. The van der Waals surface area contributed by atoms with Gasteiger partial charge in [-0.2, -0.15) is 0 Å². The van der Waals surface area contributed by atoms with Crippen LogP contribution in [0.15, 0.2) is 41.8 Å². The summed E-state index contributed by atoms with van der Waals surface area (Å²) in [4.78, 5) is 15.6. The first-order chi connectivity index (χ1) is 11.6. The topological polar surface area (TPSA) is 61.8 Å². The number of nitrogens with one attached hydrogen (secondary N) is 1. The van der Waals surface area contributed by atoms with Crippen molar-refractivity contribution < 1.29 is 14.6 Å². The molecule has 128 valence electrons. The molecule has 0 bridgehead atoms. The third-order valence-electron chi connectivity index (χ3n) is 4.02. The lowest BCUT2D eigenvalue weighted by Gasteiger charge is -2.36. The molecule has 0 radical (unpaired) electrons. The fraction of sp³-hybridized carbons (Fsp3) is 0.389. The lowest BCUT2D eigenvalue weighted by molar-refractivity contribution is -0.00160. The summed E-state index contributed by atoms with van der Waals surface area (Å²) in [6, 6.07) is 11.7. The smallest absolute Gasteiger partial charge is 0.322 e. The largest absolute Gasteiger partial charge is 0.393 e. The number of carbonyl (C=O) groups excluding carboxylic acids is 1. The summed E-state index contributed by atoms with van der Waals surface area (Å²) in [6.45, 7) is 3.26. The van der Waals surface area contributed by atoms with Crippen molar-refractivity contribution in [3.05, 3.63) is 41.8 Å². The van der Waals surface area contributed by atoms with E-state index >= 15 is 0 Å². The Morgan fingerprint density at radius 2 is 2.33 bits per heavy atom.